The minimum atomic E-state index is -1.30. The van der Waals surface area contributed by atoms with Crippen LogP contribution < -0.4 is 10.6 Å². The molecule has 0 aliphatic heterocycles. The monoisotopic (exact) mass is 288 g/mol. The molecule has 0 unspecified atom stereocenters. The molecule has 1 amide bonds. The van der Waals surface area contributed by atoms with Gasteiger partial charge in [0.05, 0.1) is 17.8 Å². The molecule has 2 aromatic rings. The Morgan fingerprint density at radius 1 is 1.05 bits per heavy atom. The molecule has 21 heavy (non-hydrogen) atoms. The van der Waals surface area contributed by atoms with E-state index in [1.807, 2.05) is 6.07 Å². The number of para-hydroxylation sites is 2. The Bertz CT molecular complexity index is 659. The van der Waals surface area contributed by atoms with Gasteiger partial charge in [0.15, 0.2) is 0 Å². The molecule has 2 aromatic carbocycles. The minimum absolute atomic E-state index is 0.0998. The van der Waals surface area contributed by atoms with Gasteiger partial charge in [-0.1, -0.05) is 24.3 Å². The summed E-state index contributed by atoms with van der Waals surface area (Å²) in [6.07, 6.45) is 0. The highest BCUT2D eigenvalue weighted by atomic mass is 19.1. The van der Waals surface area contributed by atoms with Crippen LogP contribution in [-0.2, 0) is 4.79 Å². The normalized spacial score (nSPS) is 9.95. The van der Waals surface area contributed by atoms with Crippen molar-refractivity contribution in [2.24, 2.45) is 0 Å². The fourth-order valence-electron chi connectivity index (χ4n) is 1.75. The molecular weight excluding hydrogens is 275 g/mol. The van der Waals surface area contributed by atoms with Gasteiger partial charge in [-0.05, 0) is 24.3 Å². The van der Waals surface area contributed by atoms with Gasteiger partial charge >= 0.3 is 5.97 Å². The Balaban J connectivity index is 2.05. The van der Waals surface area contributed by atoms with E-state index < -0.39 is 17.7 Å². The summed E-state index contributed by atoms with van der Waals surface area (Å²) in [5, 5.41) is 14.1. The number of nitrogens with one attached hydrogen (secondary N) is 2. The molecule has 108 valence electrons. The predicted molar refractivity (Wildman–Crippen MR) is 76.9 cm³/mol. The highest BCUT2D eigenvalue weighted by Gasteiger charge is 2.16. The molecule has 0 fully saturated rings. The number of rotatable bonds is 5. The van der Waals surface area contributed by atoms with Crippen molar-refractivity contribution in [1.82, 2.24) is 0 Å². The molecular formula is C15H13FN2O3. The van der Waals surface area contributed by atoms with Crippen LogP contribution in [0.4, 0.5) is 15.8 Å². The topological polar surface area (TPSA) is 78.4 Å². The van der Waals surface area contributed by atoms with E-state index in [2.05, 4.69) is 10.6 Å². The molecule has 0 heterocycles. The molecule has 0 spiro atoms. The highest BCUT2D eigenvalue weighted by molar-refractivity contribution is 6.01. The number of aromatic carboxylic acids is 1. The lowest BCUT2D eigenvalue weighted by atomic mass is 10.1. The van der Waals surface area contributed by atoms with E-state index >= 15 is 0 Å². The SMILES string of the molecule is O=C(CNc1ccccc1)Nc1c(F)cccc1C(=O)O. The molecule has 0 saturated carbocycles. The quantitative estimate of drug-likeness (QED) is 0.790. The first-order valence-corrected chi connectivity index (χ1v) is 6.18. The summed E-state index contributed by atoms with van der Waals surface area (Å²) in [4.78, 5) is 22.8. The summed E-state index contributed by atoms with van der Waals surface area (Å²) in [5.41, 5.74) is 0.118. The van der Waals surface area contributed by atoms with Gasteiger partial charge in [-0.3, -0.25) is 4.79 Å². The van der Waals surface area contributed by atoms with Crippen LogP contribution in [0.1, 0.15) is 10.4 Å². The molecule has 0 saturated heterocycles. The molecule has 2 rings (SSSR count). The van der Waals surface area contributed by atoms with Crippen molar-refractivity contribution in [2.75, 3.05) is 17.2 Å². The van der Waals surface area contributed by atoms with Crippen molar-refractivity contribution in [3.63, 3.8) is 0 Å². The van der Waals surface area contributed by atoms with Crippen molar-refractivity contribution in [1.29, 1.82) is 0 Å². The maximum Gasteiger partial charge on any atom is 0.337 e. The van der Waals surface area contributed by atoms with Gasteiger partial charge in [0.1, 0.15) is 5.82 Å². The predicted octanol–water partition coefficient (Wildman–Crippen LogP) is 2.57. The summed E-state index contributed by atoms with van der Waals surface area (Å²) in [6.45, 7) is -0.0998. The molecule has 0 aliphatic carbocycles. The van der Waals surface area contributed by atoms with Crippen LogP contribution in [0.3, 0.4) is 0 Å². The van der Waals surface area contributed by atoms with Crippen LogP contribution in [0.25, 0.3) is 0 Å². The average molecular weight is 288 g/mol. The van der Waals surface area contributed by atoms with Crippen LogP contribution in [0.5, 0.6) is 0 Å². The lowest BCUT2D eigenvalue weighted by Crippen LogP contribution is -2.23. The number of benzene rings is 2. The van der Waals surface area contributed by atoms with Gasteiger partial charge in [0.25, 0.3) is 0 Å². The zero-order valence-electron chi connectivity index (χ0n) is 11.0. The first-order valence-electron chi connectivity index (χ1n) is 6.18. The molecule has 0 bridgehead atoms. The molecule has 6 heteroatoms. The largest absolute Gasteiger partial charge is 0.478 e. The number of amides is 1. The first kappa shape index (κ1) is 14.5. The van der Waals surface area contributed by atoms with Gasteiger partial charge in [0.2, 0.25) is 5.91 Å². The van der Waals surface area contributed by atoms with Crippen LogP contribution in [-0.4, -0.2) is 23.5 Å². The number of anilines is 2. The summed E-state index contributed by atoms with van der Waals surface area (Å²) < 4.78 is 13.6. The molecule has 3 N–H and O–H groups in total. The number of carboxylic acids is 1. The van der Waals surface area contributed by atoms with E-state index in [9.17, 15) is 14.0 Å². The second-order valence-electron chi connectivity index (χ2n) is 4.24. The third-order valence-corrected chi connectivity index (χ3v) is 2.74. The van der Waals surface area contributed by atoms with Gasteiger partial charge in [0, 0.05) is 5.69 Å². The van der Waals surface area contributed by atoms with E-state index in [1.54, 1.807) is 24.3 Å². The maximum absolute atomic E-state index is 13.6. The van der Waals surface area contributed by atoms with Gasteiger partial charge in [-0.2, -0.15) is 0 Å². The Morgan fingerprint density at radius 2 is 1.76 bits per heavy atom. The lowest BCUT2D eigenvalue weighted by molar-refractivity contribution is -0.114. The fraction of sp³-hybridized carbons (Fsp3) is 0.0667. The Morgan fingerprint density at radius 3 is 2.43 bits per heavy atom. The zero-order chi connectivity index (χ0) is 15.2. The zero-order valence-corrected chi connectivity index (χ0v) is 11.0. The molecule has 0 aromatic heterocycles. The standard InChI is InChI=1S/C15H13FN2O3/c16-12-8-4-7-11(15(20)21)14(12)18-13(19)9-17-10-5-2-1-3-6-10/h1-8,17H,9H2,(H,18,19)(H,20,21). The minimum Gasteiger partial charge on any atom is -0.478 e. The second kappa shape index (κ2) is 6.51. The average Bonchev–Trinajstić information content (AvgIpc) is 2.48. The van der Waals surface area contributed by atoms with Crippen LogP contribution in [0.15, 0.2) is 48.5 Å². The molecule has 0 atom stereocenters. The number of carbonyl (C=O) groups excluding carboxylic acids is 1. The van der Waals surface area contributed by atoms with Crippen molar-refractivity contribution >= 4 is 23.3 Å². The van der Waals surface area contributed by atoms with Gasteiger partial charge in [-0.15, -0.1) is 0 Å². The number of hydrogen-bond acceptors (Lipinski definition) is 3. The van der Waals surface area contributed by atoms with Gasteiger partial charge in [-0.25, -0.2) is 9.18 Å². The summed E-state index contributed by atoms with van der Waals surface area (Å²) >= 11 is 0. The van der Waals surface area contributed by atoms with E-state index in [4.69, 9.17) is 5.11 Å². The second-order valence-corrected chi connectivity index (χ2v) is 4.24. The smallest absolute Gasteiger partial charge is 0.337 e. The van der Waals surface area contributed by atoms with Crippen molar-refractivity contribution < 1.29 is 19.1 Å². The number of carbonyl (C=O) groups is 2. The number of halogens is 1. The first-order chi connectivity index (χ1) is 10.1. The van der Waals surface area contributed by atoms with Crippen LogP contribution in [0, 0.1) is 5.82 Å². The Kier molecular flexibility index (Phi) is 4.50. The van der Waals surface area contributed by atoms with E-state index in [0.29, 0.717) is 0 Å². The van der Waals surface area contributed by atoms with Crippen molar-refractivity contribution in [3.8, 4) is 0 Å². The van der Waals surface area contributed by atoms with E-state index in [0.717, 1.165) is 11.8 Å². The van der Waals surface area contributed by atoms with E-state index in [-0.39, 0.29) is 17.8 Å². The number of carboxylic acid groups (broad SMARTS) is 1. The summed E-state index contributed by atoms with van der Waals surface area (Å²) in [7, 11) is 0. The fourth-order valence-corrected chi connectivity index (χ4v) is 1.75. The molecule has 0 aliphatic rings. The Labute approximate surface area is 120 Å². The summed E-state index contributed by atoms with van der Waals surface area (Å²) in [6, 6.07) is 12.6. The highest BCUT2D eigenvalue weighted by Crippen LogP contribution is 2.19. The molecule has 0 radical (unpaired) electrons. The van der Waals surface area contributed by atoms with Crippen molar-refractivity contribution in [3.05, 3.63) is 59.9 Å². The Hall–Kier alpha value is -2.89. The van der Waals surface area contributed by atoms with Crippen LogP contribution >= 0.6 is 0 Å². The summed E-state index contributed by atoms with van der Waals surface area (Å²) in [5.74, 6) is -2.63. The van der Waals surface area contributed by atoms with E-state index in [1.165, 1.54) is 12.1 Å². The molecule has 5 nitrogen and oxygen atoms in total. The maximum atomic E-state index is 13.6. The number of hydrogen-bond donors (Lipinski definition) is 3. The third kappa shape index (κ3) is 3.79. The third-order valence-electron chi connectivity index (χ3n) is 2.74. The lowest BCUT2D eigenvalue weighted by Gasteiger charge is -2.10. The van der Waals surface area contributed by atoms with Crippen LogP contribution in [0.2, 0.25) is 0 Å². The van der Waals surface area contributed by atoms with Crippen molar-refractivity contribution in [2.45, 2.75) is 0 Å². The van der Waals surface area contributed by atoms with Gasteiger partial charge < -0.3 is 15.7 Å².